The molecule has 1 N–H and O–H groups in total. The van der Waals surface area contributed by atoms with Gasteiger partial charge in [-0.1, -0.05) is 31.4 Å². The third kappa shape index (κ3) is 4.05. The number of anilines is 1. The summed E-state index contributed by atoms with van der Waals surface area (Å²) in [6.07, 6.45) is 6.69. The number of para-hydroxylation sites is 2. The van der Waals surface area contributed by atoms with Gasteiger partial charge in [-0.05, 0) is 44.6 Å². The maximum atomic E-state index is 6.15. The number of benzene rings is 1. The molecule has 1 fully saturated rings. The molecule has 100 valence electrons. The van der Waals surface area contributed by atoms with Gasteiger partial charge in [0.25, 0.3) is 0 Å². The van der Waals surface area contributed by atoms with Crippen molar-refractivity contribution in [1.82, 2.24) is 0 Å². The normalized spacial score (nSPS) is 17.5. The molecule has 0 saturated heterocycles. The lowest BCUT2D eigenvalue weighted by molar-refractivity contribution is 0.460. The monoisotopic (exact) mass is 263 g/mol. The van der Waals surface area contributed by atoms with Crippen LogP contribution in [0.1, 0.15) is 32.1 Å². The van der Waals surface area contributed by atoms with Crippen molar-refractivity contribution in [1.29, 1.82) is 0 Å². The van der Waals surface area contributed by atoms with Crippen molar-refractivity contribution >= 4 is 14.0 Å². The molecule has 0 aliphatic heterocycles. The van der Waals surface area contributed by atoms with Crippen LogP contribution in [0.25, 0.3) is 0 Å². The lowest BCUT2D eigenvalue weighted by Crippen LogP contribution is -2.30. The molecule has 0 atom stereocenters. The van der Waals surface area contributed by atoms with Crippen molar-refractivity contribution in [2.24, 2.45) is 0 Å². The maximum absolute atomic E-state index is 6.15. The zero-order valence-electron chi connectivity index (χ0n) is 11.8. The van der Waals surface area contributed by atoms with Crippen LogP contribution >= 0.6 is 0 Å². The van der Waals surface area contributed by atoms with Gasteiger partial charge in [0.05, 0.1) is 5.69 Å². The third-order valence-corrected chi connectivity index (χ3v) is 4.10. The van der Waals surface area contributed by atoms with Crippen LogP contribution in [0.5, 0.6) is 5.75 Å². The van der Waals surface area contributed by atoms with Crippen LogP contribution in [-0.4, -0.2) is 14.4 Å². The zero-order chi connectivity index (χ0) is 13.0. The van der Waals surface area contributed by atoms with Crippen molar-refractivity contribution in [2.45, 2.75) is 57.8 Å². The quantitative estimate of drug-likeness (QED) is 0.799. The predicted octanol–water partition coefficient (Wildman–Crippen LogP) is 4.64. The highest BCUT2D eigenvalue weighted by atomic mass is 28.4. The van der Waals surface area contributed by atoms with Gasteiger partial charge in [-0.15, -0.1) is 0 Å². The van der Waals surface area contributed by atoms with E-state index in [0.717, 1.165) is 5.75 Å². The van der Waals surface area contributed by atoms with Gasteiger partial charge in [0.1, 0.15) is 5.75 Å². The minimum atomic E-state index is -1.54. The molecule has 0 aromatic heterocycles. The van der Waals surface area contributed by atoms with E-state index in [-0.39, 0.29) is 0 Å². The number of nitrogens with one attached hydrogen (secondary N) is 1. The third-order valence-electron chi connectivity index (χ3n) is 3.27. The lowest BCUT2D eigenvalue weighted by atomic mass is 9.95. The highest BCUT2D eigenvalue weighted by Gasteiger charge is 2.19. The van der Waals surface area contributed by atoms with Gasteiger partial charge in [-0.3, -0.25) is 0 Å². The van der Waals surface area contributed by atoms with Crippen molar-refractivity contribution < 1.29 is 4.43 Å². The first kappa shape index (κ1) is 13.5. The highest BCUT2D eigenvalue weighted by Crippen LogP contribution is 2.29. The number of hydrogen-bond acceptors (Lipinski definition) is 2. The topological polar surface area (TPSA) is 21.3 Å². The minimum Gasteiger partial charge on any atom is -0.543 e. The summed E-state index contributed by atoms with van der Waals surface area (Å²) >= 11 is 0. The van der Waals surface area contributed by atoms with E-state index in [9.17, 15) is 0 Å². The molecule has 0 bridgehead atoms. The summed E-state index contributed by atoms with van der Waals surface area (Å²) in [5, 5.41) is 3.67. The van der Waals surface area contributed by atoms with Crippen LogP contribution in [0.4, 0.5) is 5.69 Å². The Morgan fingerprint density at radius 2 is 1.72 bits per heavy atom. The fourth-order valence-corrected chi connectivity index (χ4v) is 3.31. The molecule has 1 aliphatic carbocycles. The lowest BCUT2D eigenvalue weighted by Gasteiger charge is -2.27. The fraction of sp³-hybridized carbons (Fsp3) is 0.600. The van der Waals surface area contributed by atoms with E-state index in [2.05, 4.69) is 49.2 Å². The second kappa shape index (κ2) is 5.78. The Hall–Kier alpha value is -0.963. The molecular formula is C15H25NOSi. The van der Waals surface area contributed by atoms with Crippen LogP contribution in [0.3, 0.4) is 0 Å². The van der Waals surface area contributed by atoms with Gasteiger partial charge in [-0.2, -0.15) is 0 Å². The first-order valence-electron chi connectivity index (χ1n) is 7.09. The molecule has 0 amide bonds. The van der Waals surface area contributed by atoms with Crippen LogP contribution in [0.15, 0.2) is 24.3 Å². The average Bonchev–Trinajstić information content (AvgIpc) is 2.31. The molecule has 1 saturated carbocycles. The Kier molecular flexibility index (Phi) is 4.33. The summed E-state index contributed by atoms with van der Waals surface area (Å²) in [4.78, 5) is 0. The fourth-order valence-electron chi connectivity index (χ4n) is 2.47. The average molecular weight is 263 g/mol. The summed E-state index contributed by atoms with van der Waals surface area (Å²) in [5.41, 5.74) is 1.17. The second-order valence-corrected chi connectivity index (χ2v) is 10.6. The van der Waals surface area contributed by atoms with Gasteiger partial charge in [-0.25, -0.2) is 0 Å². The van der Waals surface area contributed by atoms with Crippen LogP contribution in [-0.2, 0) is 0 Å². The van der Waals surface area contributed by atoms with E-state index in [1.165, 1.54) is 37.8 Å². The second-order valence-electron chi connectivity index (χ2n) is 6.19. The largest absolute Gasteiger partial charge is 0.543 e. The van der Waals surface area contributed by atoms with E-state index in [0.29, 0.717) is 6.04 Å². The molecule has 0 spiro atoms. The molecule has 2 rings (SSSR count). The molecule has 0 heterocycles. The van der Waals surface area contributed by atoms with Crippen LogP contribution < -0.4 is 9.74 Å². The predicted molar refractivity (Wildman–Crippen MR) is 80.9 cm³/mol. The Morgan fingerprint density at radius 3 is 2.39 bits per heavy atom. The van der Waals surface area contributed by atoms with E-state index in [1.54, 1.807) is 0 Å². The number of rotatable bonds is 4. The molecule has 1 aromatic rings. The van der Waals surface area contributed by atoms with E-state index in [1.807, 2.05) is 0 Å². The van der Waals surface area contributed by atoms with Gasteiger partial charge in [0.15, 0.2) is 0 Å². The van der Waals surface area contributed by atoms with Gasteiger partial charge >= 0.3 is 0 Å². The van der Waals surface area contributed by atoms with Gasteiger partial charge < -0.3 is 9.74 Å². The van der Waals surface area contributed by atoms with Crippen LogP contribution in [0.2, 0.25) is 19.6 Å². The Morgan fingerprint density at radius 1 is 1.06 bits per heavy atom. The minimum absolute atomic E-state index is 0.630. The summed E-state index contributed by atoms with van der Waals surface area (Å²) in [7, 11) is -1.54. The van der Waals surface area contributed by atoms with E-state index < -0.39 is 8.32 Å². The molecule has 1 aliphatic rings. The molecule has 0 unspecified atom stereocenters. The van der Waals surface area contributed by atoms with Gasteiger partial charge in [0, 0.05) is 6.04 Å². The maximum Gasteiger partial charge on any atom is 0.242 e. The highest BCUT2D eigenvalue weighted by molar-refractivity contribution is 6.70. The summed E-state index contributed by atoms with van der Waals surface area (Å²) in [5.74, 6) is 1.03. The summed E-state index contributed by atoms with van der Waals surface area (Å²) < 4.78 is 6.15. The SMILES string of the molecule is C[Si](C)(C)Oc1ccccc1NC1CCCCC1. The van der Waals surface area contributed by atoms with E-state index >= 15 is 0 Å². The smallest absolute Gasteiger partial charge is 0.242 e. The van der Waals surface area contributed by atoms with Crippen molar-refractivity contribution in [3.63, 3.8) is 0 Å². The van der Waals surface area contributed by atoms with Crippen molar-refractivity contribution in [3.05, 3.63) is 24.3 Å². The molecule has 0 radical (unpaired) electrons. The van der Waals surface area contributed by atoms with Crippen molar-refractivity contribution in [3.8, 4) is 5.75 Å². The van der Waals surface area contributed by atoms with Crippen LogP contribution in [0, 0.1) is 0 Å². The molecule has 18 heavy (non-hydrogen) atoms. The standard InChI is InChI=1S/C15H25NOSi/c1-18(2,3)17-15-12-8-7-11-14(15)16-13-9-5-4-6-10-13/h7-8,11-13,16H,4-6,9-10H2,1-3H3. The first-order chi connectivity index (χ1) is 8.54. The molecule has 1 aromatic carbocycles. The molecule has 3 heteroatoms. The molecular weight excluding hydrogens is 238 g/mol. The van der Waals surface area contributed by atoms with Crippen molar-refractivity contribution in [2.75, 3.05) is 5.32 Å². The van der Waals surface area contributed by atoms with Gasteiger partial charge in [0.2, 0.25) is 8.32 Å². The molecule has 2 nitrogen and oxygen atoms in total. The zero-order valence-corrected chi connectivity index (χ0v) is 12.8. The summed E-state index contributed by atoms with van der Waals surface area (Å²) in [6, 6.07) is 9.00. The Balaban J connectivity index is 2.06. The first-order valence-corrected chi connectivity index (χ1v) is 10.5. The Bertz CT molecular complexity index is 380. The van der Waals surface area contributed by atoms with E-state index in [4.69, 9.17) is 4.43 Å². The number of hydrogen-bond donors (Lipinski definition) is 1. The summed E-state index contributed by atoms with van der Waals surface area (Å²) in [6.45, 7) is 6.68. The Labute approximate surface area is 112 Å².